The lowest BCUT2D eigenvalue weighted by molar-refractivity contribution is -0.154. The molecule has 0 radical (unpaired) electrons. The van der Waals surface area contributed by atoms with Crippen molar-refractivity contribution >= 4 is 11.9 Å². The van der Waals surface area contributed by atoms with Crippen LogP contribution < -0.4 is 0 Å². The molecule has 2 rings (SSSR count). The molecular weight excluding hydrogens is 272 g/mol. The van der Waals surface area contributed by atoms with Crippen molar-refractivity contribution in [3.05, 3.63) is 11.6 Å². The molecule has 0 aromatic carbocycles. The van der Waals surface area contributed by atoms with Crippen LogP contribution in [-0.2, 0) is 14.3 Å². The summed E-state index contributed by atoms with van der Waals surface area (Å²) in [6.07, 6.45) is 4.03. The lowest BCUT2D eigenvalue weighted by Gasteiger charge is -2.24. The maximum absolute atomic E-state index is 12.0. The number of amides is 1. The summed E-state index contributed by atoms with van der Waals surface area (Å²) in [7, 11) is 0. The molecule has 7 nitrogen and oxygen atoms in total. The Morgan fingerprint density at radius 2 is 2.14 bits per heavy atom. The molecular formula is C14H22N4O3. The number of hydrogen-bond donors (Lipinski definition) is 1. The van der Waals surface area contributed by atoms with Gasteiger partial charge >= 0.3 is 5.97 Å². The average molecular weight is 294 g/mol. The van der Waals surface area contributed by atoms with Crippen LogP contribution in [0.15, 0.2) is 0 Å². The van der Waals surface area contributed by atoms with Gasteiger partial charge in [0.25, 0.3) is 0 Å². The number of carbonyl (C=O) groups is 2. The number of hydrogen-bond acceptors (Lipinski definition) is 5. The molecule has 1 unspecified atom stereocenters. The van der Waals surface area contributed by atoms with E-state index in [1.807, 2.05) is 0 Å². The minimum atomic E-state index is -0.521. The van der Waals surface area contributed by atoms with Gasteiger partial charge in [-0.15, -0.1) is 0 Å². The third kappa shape index (κ3) is 4.54. The number of aromatic nitrogens is 3. The number of aryl methyl sites for hydroxylation is 1. The highest BCUT2D eigenvalue weighted by Gasteiger charge is 2.21. The Kier molecular flexibility index (Phi) is 5.30. The van der Waals surface area contributed by atoms with E-state index < -0.39 is 12.1 Å². The summed E-state index contributed by atoms with van der Waals surface area (Å²) >= 11 is 0. The first-order valence-corrected chi connectivity index (χ1v) is 7.42. The second-order valence-corrected chi connectivity index (χ2v) is 5.39. The van der Waals surface area contributed by atoms with Gasteiger partial charge < -0.3 is 9.64 Å². The molecule has 1 saturated heterocycles. The van der Waals surface area contributed by atoms with Crippen LogP contribution in [-0.4, -0.2) is 45.0 Å². The maximum atomic E-state index is 12.0. The van der Waals surface area contributed by atoms with E-state index in [1.165, 1.54) is 0 Å². The smallest absolute Gasteiger partial charge is 0.326 e. The molecule has 1 aliphatic heterocycles. The lowest BCUT2D eigenvalue weighted by Crippen LogP contribution is -2.38. The molecule has 1 aromatic heterocycles. The van der Waals surface area contributed by atoms with Gasteiger partial charge in [0.1, 0.15) is 12.4 Å². The molecule has 7 heteroatoms. The highest BCUT2D eigenvalue weighted by Crippen LogP contribution is 2.14. The zero-order valence-corrected chi connectivity index (χ0v) is 12.6. The van der Waals surface area contributed by atoms with Crippen LogP contribution in [0.1, 0.15) is 56.8 Å². The fourth-order valence-corrected chi connectivity index (χ4v) is 2.37. The number of H-pyrrole nitrogens is 1. The molecule has 1 atom stereocenters. The molecule has 21 heavy (non-hydrogen) atoms. The van der Waals surface area contributed by atoms with Crippen molar-refractivity contribution in [3.8, 4) is 0 Å². The Balaban J connectivity index is 1.86. The number of ether oxygens (including phenoxy) is 1. The van der Waals surface area contributed by atoms with Gasteiger partial charge in [-0.1, -0.05) is 12.8 Å². The summed E-state index contributed by atoms with van der Waals surface area (Å²) in [6.45, 7) is 4.13. The Labute approximate surface area is 124 Å². The second kappa shape index (κ2) is 7.19. The van der Waals surface area contributed by atoms with Gasteiger partial charge in [0, 0.05) is 13.0 Å². The molecule has 1 N–H and O–H groups in total. The van der Waals surface area contributed by atoms with Crippen molar-refractivity contribution < 1.29 is 14.3 Å². The summed E-state index contributed by atoms with van der Waals surface area (Å²) in [5.74, 6) is 0.735. The Bertz CT molecular complexity index is 500. The summed E-state index contributed by atoms with van der Waals surface area (Å²) in [4.78, 5) is 29.6. The van der Waals surface area contributed by atoms with E-state index in [0.717, 1.165) is 25.7 Å². The largest absolute Gasteiger partial charge is 0.453 e. The molecule has 0 spiro atoms. The third-order valence-electron chi connectivity index (χ3n) is 3.53. The summed E-state index contributed by atoms with van der Waals surface area (Å²) in [5, 5.41) is 6.67. The molecule has 1 fully saturated rings. The second-order valence-electron chi connectivity index (χ2n) is 5.39. The van der Waals surface area contributed by atoms with E-state index >= 15 is 0 Å². The standard InChI is InChI=1S/C14H22N4O3/c1-10(14-15-11(2)16-17-14)21-13(20)9-18-8-6-4-3-5-7-12(18)19/h10H,3-9H2,1-2H3,(H,15,16,17). The van der Waals surface area contributed by atoms with E-state index in [-0.39, 0.29) is 12.5 Å². The Hall–Kier alpha value is -1.92. The van der Waals surface area contributed by atoms with Crippen LogP contribution in [0.4, 0.5) is 0 Å². The maximum Gasteiger partial charge on any atom is 0.326 e. The minimum absolute atomic E-state index is 0.00653. The van der Waals surface area contributed by atoms with Gasteiger partial charge in [-0.05, 0) is 26.7 Å². The topological polar surface area (TPSA) is 88.2 Å². The number of rotatable bonds is 4. The number of nitrogens with zero attached hydrogens (tertiary/aromatic N) is 3. The Morgan fingerprint density at radius 3 is 2.86 bits per heavy atom. The highest BCUT2D eigenvalue weighted by molar-refractivity contribution is 5.82. The van der Waals surface area contributed by atoms with Gasteiger partial charge in [0.15, 0.2) is 11.9 Å². The number of esters is 1. The first kappa shape index (κ1) is 15.5. The zero-order valence-electron chi connectivity index (χ0n) is 12.6. The number of aromatic amines is 1. The molecule has 1 amide bonds. The van der Waals surface area contributed by atoms with Crippen molar-refractivity contribution in [3.63, 3.8) is 0 Å². The monoisotopic (exact) mass is 294 g/mol. The van der Waals surface area contributed by atoms with Gasteiger partial charge in [-0.25, -0.2) is 4.98 Å². The third-order valence-corrected chi connectivity index (χ3v) is 3.53. The zero-order chi connectivity index (χ0) is 15.2. The van der Waals surface area contributed by atoms with Gasteiger partial charge in [0.05, 0.1) is 0 Å². The summed E-state index contributed by atoms with van der Waals surface area (Å²) in [5.41, 5.74) is 0. The van der Waals surface area contributed by atoms with Gasteiger partial charge in [-0.2, -0.15) is 5.10 Å². The SMILES string of the molecule is Cc1nc(C(C)OC(=O)CN2CCCCCCC2=O)n[nH]1. The number of nitrogens with one attached hydrogen (secondary N) is 1. The van der Waals surface area contributed by atoms with E-state index in [2.05, 4.69) is 15.2 Å². The summed E-state index contributed by atoms with van der Waals surface area (Å²) in [6, 6.07) is 0. The molecule has 1 aromatic rings. The van der Waals surface area contributed by atoms with Gasteiger partial charge in [0.2, 0.25) is 5.91 Å². The summed E-state index contributed by atoms with van der Waals surface area (Å²) < 4.78 is 5.30. The van der Waals surface area contributed by atoms with Crippen LogP contribution in [0.25, 0.3) is 0 Å². The lowest BCUT2D eigenvalue weighted by atomic mass is 10.1. The van der Waals surface area contributed by atoms with Crippen LogP contribution in [0.3, 0.4) is 0 Å². The van der Waals surface area contributed by atoms with E-state index in [9.17, 15) is 9.59 Å². The molecule has 0 saturated carbocycles. The molecule has 2 heterocycles. The van der Waals surface area contributed by atoms with Crippen molar-refractivity contribution in [2.75, 3.05) is 13.1 Å². The fraction of sp³-hybridized carbons (Fsp3) is 0.714. The predicted octanol–water partition coefficient (Wildman–Crippen LogP) is 1.51. The van der Waals surface area contributed by atoms with Crippen molar-refractivity contribution in [1.82, 2.24) is 20.1 Å². The number of likely N-dealkylation sites (tertiary alicyclic amines) is 1. The predicted molar refractivity (Wildman–Crippen MR) is 75.3 cm³/mol. The van der Waals surface area contributed by atoms with E-state index in [4.69, 9.17) is 4.74 Å². The average Bonchev–Trinajstić information content (AvgIpc) is 2.85. The van der Waals surface area contributed by atoms with Gasteiger partial charge in [-0.3, -0.25) is 14.7 Å². The van der Waals surface area contributed by atoms with Crippen LogP contribution in [0.2, 0.25) is 0 Å². The Morgan fingerprint density at radius 1 is 1.38 bits per heavy atom. The first-order chi connectivity index (χ1) is 10.1. The molecule has 1 aliphatic rings. The van der Waals surface area contributed by atoms with E-state index in [0.29, 0.717) is 24.6 Å². The normalized spacial score (nSPS) is 18.0. The fourth-order valence-electron chi connectivity index (χ4n) is 2.37. The van der Waals surface area contributed by atoms with Crippen LogP contribution in [0.5, 0.6) is 0 Å². The quantitative estimate of drug-likeness (QED) is 0.850. The minimum Gasteiger partial charge on any atom is -0.453 e. The van der Waals surface area contributed by atoms with Crippen molar-refractivity contribution in [2.45, 2.75) is 52.1 Å². The van der Waals surface area contributed by atoms with Crippen molar-refractivity contribution in [2.24, 2.45) is 0 Å². The van der Waals surface area contributed by atoms with Crippen molar-refractivity contribution in [1.29, 1.82) is 0 Å². The molecule has 116 valence electrons. The number of carbonyl (C=O) groups excluding carboxylic acids is 2. The molecule has 0 bridgehead atoms. The van der Waals surface area contributed by atoms with E-state index in [1.54, 1.807) is 18.7 Å². The first-order valence-electron chi connectivity index (χ1n) is 7.42. The van der Waals surface area contributed by atoms with Crippen LogP contribution >= 0.6 is 0 Å². The molecule has 0 aliphatic carbocycles. The van der Waals surface area contributed by atoms with Crippen LogP contribution in [0, 0.1) is 6.92 Å². The highest BCUT2D eigenvalue weighted by atomic mass is 16.5.